The SMILES string of the molecule is O=C(COc1ccc(Cl)cc1Cl)OCCN1C(=O)c2ccccc2C1=O. The topological polar surface area (TPSA) is 72.9 Å². The summed E-state index contributed by atoms with van der Waals surface area (Å²) in [5.74, 6) is -1.14. The fraction of sp³-hybridized carbons (Fsp3) is 0.167. The van der Waals surface area contributed by atoms with Crippen molar-refractivity contribution in [3.63, 3.8) is 0 Å². The second kappa shape index (κ2) is 7.76. The van der Waals surface area contributed by atoms with Gasteiger partial charge in [0, 0.05) is 5.02 Å². The molecule has 3 rings (SSSR count). The van der Waals surface area contributed by atoms with E-state index in [1.54, 1.807) is 30.3 Å². The minimum absolute atomic E-state index is 0.0280. The van der Waals surface area contributed by atoms with Gasteiger partial charge in [-0.05, 0) is 30.3 Å². The number of hydrogen-bond acceptors (Lipinski definition) is 5. The van der Waals surface area contributed by atoms with E-state index in [1.165, 1.54) is 12.1 Å². The lowest BCUT2D eigenvalue weighted by atomic mass is 10.1. The standard InChI is InChI=1S/C18H13Cl2NO5/c19-11-5-6-15(14(20)9-11)26-10-16(22)25-8-7-21-17(23)12-3-1-2-4-13(12)18(21)24/h1-6,9H,7-8,10H2. The molecule has 1 aliphatic heterocycles. The van der Waals surface area contributed by atoms with E-state index in [9.17, 15) is 14.4 Å². The van der Waals surface area contributed by atoms with Crippen LogP contribution in [-0.4, -0.2) is 42.4 Å². The Morgan fingerprint density at radius 1 is 1.00 bits per heavy atom. The van der Waals surface area contributed by atoms with Crippen molar-refractivity contribution in [1.29, 1.82) is 0 Å². The van der Waals surface area contributed by atoms with E-state index in [4.69, 9.17) is 32.7 Å². The van der Waals surface area contributed by atoms with Crippen LogP contribution in [0.3, 0.4) is 0 Å². The second-order valence-electron chi connectivity index (χ2n) is 5.39. The molecule has 134 valence electrons. The van der Waals surface area contributed by atoms with Gasteiger partial charge in [0.1, 0.15) is 12.4 Å². The molecule has 2 amide bonds. The van der Waals surface area contributed by atoms with Gasteiger partial charge in [-0.15, -0.1) is 0 Å². The highest BCUT2D eigenvalue weighted by Crippen LogP contribution is 2.27. The minimum Gasteiger partial charge on any atom is -0.480 e. The molecule has 2 aromatic carbocycles. The number of ether oxygens (including phenoxy) is 2. The lowest BCUT2D eigenvalue weighted by Gasteiger charge is -2.14. The third-order valence-electron chi connectivity index (χ3n) is 3.70. The molecule has 2 aromatic rings. The van der Waals surface area contributed by atoms with Crippen LogP contribution in [0.15, 0.2) is 42.5 Å². The van der Waals surface area contributed by atoms with Gasteiger partial charge in [0.05, 0.1) is 22.7 Å². The average Bonchev–Trinajstić information content (AvgIpc) is 2.86. The van der Waals surface area contributed by atoms with Gasteiger partial charge >= 0.3 is 5.97 Å². The van der Waals surface area contributed by atoms with Crippen LogP contribution in [0.2, 0.25) is 10.0 Å². The van der Waals surface area contributed by atoms with Crippen LogP contribution in [-0.2, 0) is 9.53 Å². The molecule has 0 unspecified atom stereocenters. The summed E-state index contributed by atoms with van der Waals surface area (Å²) in [5.41, 5.74) is 0.703. The molecule has 0 radical (unpaired) electrons. The van der Waals surface area contributed by atoms with Crippen molar-refractivity contribution in [2.75, 3.05) is 19.8 Å². The maximum absolute atomic E-state index is 12.2. The smallest absolute Gasteiger partial charge is 0.344 e. The average molecular weight is 394 g/mol. The summed E-state index contributed by atoms with van der Waals surface area (Å²) >= 11 is 11.7. The molecule has 26 heavy (non-hydrogen) atoms. The highest BCUT2D eigenvalue weighted by Gasteiger charge is 2.34. The first-order valence-electron chi connectivity index (χ1n) is 7.66. The normalized spacial score (nSPS) is 12.9. The molecular weight excluding hydrogens is 381 g/mol. The van der Waals surface area contributed by atoms with E-state index in [1.807, 2.05) is 0 Å². The first-order valence-corrected chi connectivity index (χ1v) is 8.41. The van der Waals surface area contributed by atoms with Gasteiger partial charge in [0.25, 0.3) is 11.8 Å². The van der Waals surface area contributed by atoms with E-state index in [0.29, 0.717) is 21.9 Å². The van der Waals surface area contributed by atoms with Crippen molar-refractivity contribution in [3.8, 4) is 5.75 Å². The molecule has 8 heteroatoms. The summed E-state index contributed by atoms with van der Waals surface area (Å²) in [6.45, 7) is -0.509. The van der Waals surface area contributed by atoms with Gasteiger partial charge in [-0.1, -0.05) is 35.3 Å². The number of nitrogens with zero attached hydrogens (tertiary/aromatic N) is 1. The summed E-state index contributed by atoms with van der Waals surface area (Å²) in [6, 6.07) is 11.2. The Labute approximate surface area is 159 Å². The van der Waals surface area contributed by atoms with Crippen LogP contribution < -0.4 is 4.74 Å². The Bertz CT molecular complexity index is 849. The Morgan fingerprint density at radius 3 is 2.27 bits per heavy atom. The summed E-state index contributed by atoms with van der Waals surface area (Å²) in [6.07, 6.45) is 0. The predicted octanol–water partition coefficient (Wildman–Crippen LogP) is 3.21. The molecule has 0 N–H and O–H groups in total. The molecule has 1 heterocycles. The first kappa shape index (κ1) is 18.2. The fourth-order valence-electron chi connectivity index (χ4n) is 2.46. The lowest BCUT2D eigenvalue weighted by molar-refractivity contribution is -0.146. The van der Waals surface area contributed by atoms with Gasteiger partial charge in [0.15, 0.2) is 6.61 Å². The Kier molecular flexibility index (Phi) is 5.44. The summed E-state index contributed by atoms with van der Waals surface area (Å²) in [5, 5.41) is 0.724. The number of benzene rings is 2. The lowest BCUT2D eigenvalue weighted by Crippen LogP contribution is -2.33. The third-order valence-corrected chi connectivity index (χ3v) is 4.23. The number of carbonyl (C=O) groups is 3. The Hall–Kier alpha value is -2.57. The van der Waals surface area contributed by atoms with Gasteiger partial charge in [-0.3, -0.25) is 14.5 Å². The summed E-state index contributed by atoms with van der Waals surface area (Å²) in [7, 11) is 0. The molecule has 0 atom stereocenters. The first-order chi connectivity index (χ1) is 12.5. The van der Waals surface area contributed by atoms with Crippen molar-refractivity contribution in [3.05, 3.63) is 63.6 Å². The van der Waals surface area contributed by atoms with E-state index in [-0.39, 0.29) is 24.8 Å². The minimum atomic E-state index is -0.646. The van der Waals surface area contributed by atoms with Crippen molar-refractivity contribution < 1.29 is 23.9 Å². The van der Waals surface area contributed by atoms with E-state index in [0.717, 1.165) is 4.90 Å². The van der Waals surface area contributed by atoms with Crippen LogP contribution in [0.1, 0.15) is 20.7 Å². The monoisotopic (exact) mass is 393 g/mol. The molecule has 1 aliphatic rings. The van der Waals surface area contributed by atoms with Gasteiger partial charge < -0.3 is 9.47 Å². The van der Waals surface area contributed by atoms with E-state index >= 15 is 0 Å². The Morgan fingerprint density at radius 2 is 1.65 bits per heavy atom. The van der Waals surface area contributed by atoms with E-state index in [2.05, 4.69) is 0 Å². The highest BCUT2D eigenvalue weighted by molar-refractivity contribution is 6.35. The molecule has 0 aromatic heterocycles. The number of fused-ring (bicyclic) bond motifs is 1. The molecular formula is C18H13Cl2NO5. The molecule has 0 bridgehead atoms. The predicted molar refractivity (Wildman–Crippen MR) is 94.7 cm³/mol. The van der Waals surface area contributed by atoms with Gasteiger partial charge in [-0.2, -0.15) is 0 Å². The number of esters is 1. The number of imide groups is 1. The maximum Gasteiger partial charge on any atom is 0.344 e. The largest absolute Gasteiger partial charge is 0.480 e. The number of carbonyl (C=O) groups excluding carboxylic acids is 3. The number of hydrogen-bond donors (Lipinski definition) is 0. The zero-order valence-electron chi connectivity index (χ0n) is 13.4. The summed E-state index contributed by atoms with van der Waals surface area (Å²) < 4.78 is 10.3. The van der Waals surface area contributed by atoms with Crippen LogP contribution in [0.5, 0.6) is 5.75 Å². The highest BCUT2D eigenvalue weighted by atomic mass is 35.5. The maximum atomic E-state index is 12.2. The zero-order chi connectivity index (χ0) is 18.7. The second-order valence-corrected chi connectivity index (χ2v) is 6.24. The van der Waals surface area contributed by atoms with Crippen molar-refractivity contribution in [2.24, 2.45) is 0 Å². The van der Waals surface area contributed by atoms with Gasteiger partial charge in [0.2, 0.25) is 0 Å². The summed E-state index contributed by atoms with van der Waals surface area (Å²) in [4.78, 5) is 37.1. The van der Waals surface area contributed by atoms with Crippen molar-refractivity contribution in [1.82, 2.24) is 4.90 Å². The Balaban J connectivity index is 1.47. The van der Waals surface area contributed by atoms with Gasteiger partial charge in [-0.25, -0.2) is 4.79 Å². The van der Waals surface area contributed by atoms with Crippen molar-refractivity contribution >= 4 is 41.0 Å². The third kappa shape index (κ3) is 3.81. The van der Waals surface area contributed by atoms with Crippen LogP contribution in [0.25, 0.3) is 0 Å². The number of amides is 2. The van der Waals surface area contributed by atoms with Crippen LogP contribution >= 0.6 is 23.2 Å². The molecule has 6 nitrogen and oxygen atoms in total. The molecule has 0 fully saturated rings. The quantitative estimate of drug-likeness (QED) is 0.556. The van der Waals surface area contributed by atoms with Crippen LogP contribution in [0, 0.1) is 0 Å². The van der Waals surface area contributed by atoms with Crippen molar-refractivity contribution in [2.45, 2.75) is 0 Å². The fourth-order valence-corrected chi connectivity index (χ4v) is 2.93. The molecule has 0 aliphatic carbocycles. The van der Waals surface area contributed by atoms with E-state index < -0.39 is 17.8 Å². The molecule has 0 spiro atoms. The van der Waals surface area contributed by atoms with Crippen LogP contribution in [0.4, 0.5) is 0 Å². The number of rotatable bonds is 6. The number of halogens is 2. The molecule has 0 saturated heterocycles. The molecule has 0 saturated carbocycles. The zero-order valence-corrected chi connectivity index (χ0v) is 14.9.